The van der Waals surface area contributed by atoms with Crippen molar-refractivity contribution in [1.29, 1.82) is 0 Å². The molecule has 1 aliphatic rings. The Morgan fingerprint density at radius 1 is 1.09 bits per heavy atom. The number of hydrogen-bond acceptors (Lipinski definition) is 4. The van der Waals surface area contributed by atoms with Crippen LogP contribution in [0.2, 0.25) is 0 Å². The van der Waals surface area contributed by atoms with Gasteiger partial charge < -0.3 is 9.57 Å². The number of ether oxygens (including phenoxy) is 1. The highest BCUT2D eigenvalue weighted by Crippen LogP contribution is 2.41. The minimum Gasteiger partial charge on any atom is -0.462 e. The number of nitrogens with zero attached hydrogens (tertiary/aromatic N) is 1. The van der Waals surface area contributed by atoms with Crippen LogP contribution in [0.15, 0.2) is 66.2 Å². The van der Waals surface area contributed by atoms with Gasteiger partial charge in [-0.1, -0.05) is 60.7 Å². The number of hydroxylamine groups is 2. The van der Waals surface area contributed by atoms with E-state index in [1.807, 2.05) is 67.7 Å². The highest BCUT2D eigenvalue weighted by molar-refractivity contribution is 5.98. The fourth-order valence-corrected chi connectivity index (χ4v) is 2.77. The predicted octanol–water partition coefficient (Wildman–Crippen LogP) is 3.58. The van der Waals surface area contributed by atoms with Crippen molar-refractivity contribution in [2.45, 2.75) is 13.0 Å². The molecule has 0 saturated carbocycles. The second kappa shape index (κ2) is 6.67. The Morgan fingerprint density at radius 3 is 2.30 bits per heavy atom. The standard InChI is InChI=1S/C19H19NO3/c1-3-22-19(21)16-17(14-10-6-4-7-11-14)20(2)23-18(16)15-12-8-5-9-13-15/h4-13,17H,3H2,1-2H3/t17-/m0/s1. The van der Waals surface area contributed by atoms with Gasteiger partial charge in [0.15, 0.2) is 5.76 Å². The average molecular weight is 309 g/mol. The summed E-state index contributed by atoms with van der Waals surface area (Å²) in [7, 11) is 1.83. The third-order valence-electron chi connectivity index (χ3n) is 3.76. The van der Waals surface area contributed by atoms with Crippen LogP contribution in [0.5, 0.6) is 0 Å². The number of benzene rings is 2. The van der Waals surface area contributed by atoms with Crippen molar-refractivity contribution in [3.05, 3.63) is 77.4 Å². The Morgan fingerprint density at radius 2 is 1.70 bits per heavy atom. The van der Waals surface area contributed by atoms with Crippen LogP contribution in [0.1, 0.15) is 24.1 Å². The summed E-state index contributed by atoms with van der Waals surface area (Å²) in [6.07, 6.45) is 0. The lowest BCUT2D eigenvalue weighted by Gasteiger charge is -2.20. The van der Waals surface area contributed by atoms with Crippen LogP contribution in [0.3, 0.4) is 0 Å². The van der Waals surface area contributed by atoms with Crippen molar-refractivity contribution >= 4 is 11.7 Å². The monoisotopic (exact) mass is 309 g/mol. The number of carbonyl (C=O) groups excluding carboxylic acids is 1. The number of esters is 1. The van der Waals surface area contributed by atoms with Gasteiger partial charge in [0.1, 0.15) is 11.6 Å². The Balaban J connectivity index is 2.11. The molecule has 0 radical (unpaired) electrons. The number of likely N-dealkylation sites (N-methyl/N-ethyl adjacent to an activating group) is 1. The van der Waals surface area contributed by atoms with Crippen LogP contribution < -0.4 is 0 Å². The topological polar surface area (TPSA) is 38.8 Å². The largest absolute Gasteiger partial charge is 0.462 e. The van der Waals surface area contributed by atoms with Gasteiger partial charge in [0.25, 0.3) is 0 Å². The summed E-state index contributed by atoms with van der Waals surface area (Å²) >= 11 is 0. The summed E-state index contributed by atoms with van der Waals surface area (Å²) in [5, 5.41) is 1.70. The fraction of sp³-hybridized carbons (Fsp3) is 0.211. The molecule has 0 aromatic heterocycles. The zero-order valence-corrected chi connectivity index (χ0v) is 13.2. The van der Waals surface area contributed by atoms with Gasteiger partial charge in [0.2, 0.25) is 0 Å². The maximum Gasteiger partial charge on any atom is 0.340 e. The summed E-state index contributed by atoms with van der Waals surface area (Å²) in [5.74, 6) is 0.213. The third-order valence-corrected chi connectivity index (χ3v) is 3.76. The molecule has 0 spiro atoms. The molecular formula is C19H19NO3. The molecule has 23 heavy (non-hydrogen) atoms. The molecule has 0 fully saturated rings. The van der Waals surface area contributed by atoms with Crippen LogP contribution >= 0.6 is 0 Å². The van der Waals surface area contributed by atoms with Gasteiger partial charge in [0, 0.05) is 12.6 Å². The van der Waals surface area contributed by atoms with Gasteiger partial charge in [-0.05, 0) is 12.5 Å². The Hall–Kier alpha value is -2.59. The van der Waals surface area contributed by atoms with E-state index in [-0.39, 0.29) is 12.0 Å². The predicted molar refractivity (Wildman–Crippen MR) is 88.0 cm³/mol. The first-order chi connectivity index (χ1) is 11.2. The van der Waals surface area contributed by atoms with E-state index in [0.29, 0.717) is 17.9 Å². The van der Waals surface area contributed by atoms with Crippen molar-refractivity contribution in [3.8, 4) is 0 Å². The molecule has 0 saturated heterocycles. The molecule has 3 rings (SSSR count). The van der Waals surface area contributed by atoms with Crippen molar-refractivity contribution in [2.75, 3.05) is 13.7 Å². The van der Waals surface area contributed by atoms with Gasteiger partial charge >= 0.3 is 5.97 Å². The Labute approximate surface area is 135 Å². The van der Waals surface area contributed by atoms with Crippen LogP contribution in [0.25, 0.3) is 5.76 Å². The first-order valence-electron chi connectivity index (χ1n) is 7.64. The lowest BCUT2D eigenvalue weighted by Crippen LogP contribution is -2.22. The maximum atomic E-state index is 12.6. The highest BCUT2D eigenvalue weighted by atomic mass is 16.7. The zero-order valence-electron chi connectivity index (χ0n) is 13.2. The van der Waals surface area contributed by atoms with Crippen molar-refractivity contribution in [1.82, 2.24) is 5.06 Å². The quantitative estimate of drug-likeness (QED) is 0.809. The van der Waals surface area contributed by atoms with Crippen molar-refractivity contribution < 1.29 is 14.4 Å². The van der Waals surface area contributed by atoms with Crippen molar-refractivity contribution in [3.63, 3.8) is 0 Å². The molecule has 1 atom stereocenters. The molecule has 4 nitrogen and oxygen atoms in total. The average Bonchev–Trinajstić information content (AvgIpc) is 2.94. The van der Waals surface area contributed by atoms with E-state index in [4.69, 9.17) is 9.57 Å². The summed E-state index contributed by atoms with van der Waals surface area (Å²) < 4.78 is 5.27. The molecular weight excluding hydrogens is 290 g/mol. The molecule has 0 N–H and O–H groups in total. The van der Waals surface area contributed by atoms with Crippen LogP contribution in [0, 0.1) is 0 Å². The van der Waals surface area contributed by atoms with Crippen LogP contribution in [0.4, 0.5) is 0 Å². The molecule has 2 aromatic rings. The Kier molecular flexibility index (Phi) is 4.44. The molecule has 0 amide bonds. The van der Waals surface area contributed by atoms with E-state index in [1.165, 1.54) is 0 Å². The van der Waals surface area contributed by atoms with E-state index in [9.17, 15) is 4.79 Å². The Bertz CT molecular complexity index is 710. The number of carbonyl (C=O) groups is 1. The normalized spacial score (nSPS) is 17.9. The molecule has 1 heterocycles. The fourth-order valence-electron chi connectivity index (χ4n) is 2.77. The minimum absolute atomic E-state index is 0.287. The first kappa shape index (κ1) is 15.3. The van der Waals surface area contributed by atoms with Crippen LogP contribution in [-0.2, 0) is 14.4 Å². The SMILES string of the molecule is CCOC(=O)C1=C(c2ccccc2)ON(C)[C@H]1c1ccccc1. The van der Waals surface area contributed by atoms with Crippen LogP contribution in [-0.4, -0.2) is 24.7 Å². The highest BCUT2D eigenvalue weighted by Gasteiger charge is 2.39. The van der Waals surface area contributed by atoms with Crippen molar-refractivity contribution in [2.24, 2.45) is 0 Å². The second-order valence-corrected chi connectivity index (χ2v) is 5.28. The molecule has 1 aliphatic heterocycles. The summed E-state index contributed by atoms with van der Waals surface area (Å²) in [6.45, 7) is 2.13. The van der Waals surface area contributed by atoms with E-state index in [1.54, 1.807) is 12.0 Å². The minimum atomic E-state index is -0.343. The first-order valence-corrected chi connectivity index (χ1v) is 7.64. The number of hydrogen-bond donors (Lipinski definition) is 0. The lowest BCUT2D eigenvalue weighted by atomic mass is 9.96. The molecule has 0 bridgehead atoms. The second-order valence-electron chi connectivity index (χ2n) is 5.28. The van der Waals surface area contributed by atoms with Gasteiger partial charge in [-0.3, -0.25) is 0 Å². The van der Waals surface area contributed by atoms with Gasteiger partial charge in [-0.15, -0.1) is 5.06 Å². The molecule has 4 heteroatoms. The van der Waals surface area contributed by atoms with E-state index < -0.39 is 0 Å². The zero-order chi connectivity index (χ0) is 16.2. The lowest BCUT2D eigenvalue weighted by molar-refractivity contribution is -0.139. The molecule has 0 unspecified atom stereocenters. The molecule has 0 aliphatic carbocycles. The van der Waals surface area contributed by atoms with E-state index in [0.717, 1.165) is 11.1 Å². The summed E-state index contributed by atoms with van der Waals surface area (Å²) in [4.78, 5) is 18.5. The summed E-state index contributed by atoms with van der Waals surface area (Å²) in [5.41, 5.74) is 2.39. The van der Waals surface area contributed by atoms with E-state index >= 15 is 0 Å². The maximum absolute atomic E-state index is 12.6. The van der Waals surface area contributed by atoms with Gasteiger partial charge in [0.05, 0.1) is 6.61 Å². The summed E-state index contributed by atoms with van der Waals surface area (Å²) in [6, 6.07) is 19.2. The van der Waals surface area contributed by atoms with E-state index in [2.05, 4.69) is 0 Å². The third kappa shape index (κ3) is 2.98. The smallest absolute Gasteiger partial charge is 0.340 e. The number of rotatable bonds is 4. The molecule has 118 valence electrons. The van der Waals surface area contributed by atoms with Gasteiger partial charge in [-0.2, -0.15) is 0 Å². The molecule has 2 aromatic carbocycles. The van der Waals surface area contributed by atoms with Gasteiger partial charge in [-0.25, -0.2) is 4.79 Å².